The van der Waals surface area contributed by atoms with Gasteiger partial charge in [-0.2, -0.15) is 0 Å². The predicted octanol–water partition coefficient (Wildman–Crippen LogP) is 1.85. The molecule has 2 atom stereocenters. The third-order valence-corrected chi connectivity index (χ3v) is 5.21. The van der Waals surface area contributed by atoms with Crippen molar-refractivity contribution in [1.82, 2.24) is 5.32 Å². The highest BCUT2D eigenvalue weighted by Crippen LogP contribution is 2.28. The third-order valence-electron chi connectivity index (χ3n) is 4.91. The maximum absolute atomic E-state index is 10.6. The van der Waals surface area contributed by atoms with E-state index in [-0.39, 0.29) is 23.4 Å². The maximum atomic E-state index is 10.6. The van der Waals surface area contributed by atoms with Crippen molar-refractivity contribution < 1.29 is 44.7 Å². The molecule has 1 aliphatic rings. The molecule has 10 nitrogen and oxygen atoms in total. The molecule has 0 radical (unpaired) electrons. The summed E-state index contributed by atoms with van der Waals surface area (Å²) < 4.78 is 5.25. The summed E-state index contributed by atoms with van der Waals surface area (Å²) in [7, 11) is 0. The van der Waals surface area contributed by atoms with Crippen LogP contribution in [-0.4, -0.2) is 62.6 Å². The number of phenols is 1. The Morgan fingerprint density at radius 3 is 2.36 bits per heavy atom. The number of hydrogen-bond acceptors (Lipinski definition) is 7. The average Bonchev–Trinajstić information content (AvgIpc) is 2.77. The summed E-state index contributed by atoms with van der Waals surface area (Å²) in [6.07, 6.45) is 1.91. The van der Waals surface area contributed by atoms with Gasteiger partial charge in [0.05, 0.1) is 11.1 Å². The normalized spacial score (nSPS) is 15.4. The second-order valence-electron chi connectivity index (χ2n) is 7.30. The zero-order valence-electron chi connectivity index (χ0n) is 17.4. The van der Waals surface area contributed by atoms with Crippen molar-refractivity contribution in [1.29, 1.82) is 0 Å². The lowest BCUT2D eigenvalue weighted by Crippen LogP contribution is -2.37. The first-order valence-electron chi connectivity index (χ1n) is 9.89. The molecule has 0 saturated heterocycles. The smallest absolute Gasteiger partial charge is 0.414 e. The van der Waals surface area contributed by atoms with Crippen LogP contribution in [0.5, 0.6) is 11.5 Å². The van der Waals surface area contributed by atoms with Crippen LogP contribution in [0.2, 0.25) is 5.02 Å². The van der Waals surface area contributed by atoms with Crippen molar-refractivity contribution in [3.8, 4) is 11.5 Å². The van der Waals surface area contributed by atoms with Crippen LogP contribution in [0.1, 0.15) is 29.2 Å². The van der Waals surface area contributed by atoms with Gasteiger partial charge in [0.1, 0.15) is 11.5 Å². The Morgan fingerprint density at radius 2 is 1.76 bits per heavy atom. The van der Waals surface area contributed by atoms with E-state index in [0.717, 1.165) is 24.8 Å². The van der Waals surface area contributed by atoms with Gasteiger partial charge in [-0.15, -0.1) is 0 Å². The Balaban J connectivity index is 0.000000569. The Hall–Kier alpha value is -3.34. The van der Waals surface area contributed by atoms with Crippen LogP contribution in [0.25, 0.3) is 0 Å². The summed E-state index contributed by atoms with van der Waals surface area (Å²) in [5.41, 5.74) is 3.01. The van der Waals surface area contributed by atoms with Gasteiger partial charge in [0.15, 0.2) is 6.61 Å². The van der Waals surface area contributed by atoms with Gasteiger partial charge in [-0.25, -0.2) is 14.4 Å². The molecule has 0 spiro atoms. The summed E-state index contributed by atoms with van der Waals surface area (Å²) in [5, 5.41) is 46.9. The first-order valence-corrected chi connectivity index (χ1v) is 10.3. The number of halogens is 1. The van der Waals surface area contributed by atoms with Crippen LogP contribution in [0, 0.1) is 0 Å². The highest BCUT2D eigenvalue weighted by atomic mass is 35.5. The lowest BCUT2D eigenvalue weighted by molar-refractivity contribution is -0.159. The van der Waals surface area contributed by atoms with E-state index in [1.54, 1.807) is 18.2 Å². The molecule has 11 heteroatoms. The molecule has 0 aromatic heterocycles. The van der Waals surface area contributed by atoms with Crippen LogP contribution >= 0.6 is 11.6 Å². The Morgan fingerprint density at radius 1 is 1.06 bits per heavy atom. The van der Waals surface area contributed by atoms with E-state index in [1.807, 2.05) is 12.1 Å². The van der Waals surface area contributed by atoms with Gasteiger partial charge in [0.25, 0.3) is 0 Å². The molecule has 2 aromatic rings. The molecule has 3 rings (SSSR count). The van der Waals surface area contributed by atoms with Crippen molar-refractivity contribution in [3.05, 3.63) is 58.1 Å². The molecule has 0 bridgehead atoms. The van der Waals surface area contributed by atoms with Gasteiger partial charge in [0, 0.05) is 12.6 Å². The Kier molecular flexibility index (Phi) is 9.46. The number of aliphatic hydroxyl groups excluding tert-OH is 1. The van der Waals surface area contributed by atoms with E-state index in [2.05, 4.69) is 5.32 Å². The van der Waals surface area contributed by atoms with E-state index in [0.29, 0.717) is 17.9 Å². The molecule has 1 unspecified atom stereocenters. The molecule has 0 aliphatic heterocycles. The fourth-order valence-electron chi connectivity index (χ4n) is 3.27. The second kappa shape index (κ2) is 12.0. The number of carboxylic acids is 3. The van der Waals surface area contributed by atoms with Gasteiger partial charge in [-0.05, 0) is 60.2 Å². The lowest BCUT2D eigenvalue weighted by Gasteiger charge is -2.27. The highest BCUT2D eigenvalue weighted by molar-refractivity contribution is 6.32. The number of aromatic hydroxyl groups is 1. The number of nitrogens with one attached hydrogen (secondary N) is 1. The van der Waals surface area contributed by atoms with Gasteiger partial charge < -0.3 is 35.6 Å². The number of aryl methyl sites for hydroxylation is 1. The number of fused-ring (bicyclic) bond motifs is 1. The molecule has 33 heavy (non-hydrogen) atoms. The summed E-state index contributed by atoms with van der Waals surface area (Å²) in [6.45, 7) is 0.0121. The first kappa shape index (κ1) is 25.9. The van der Waals surface area contributed by atoms with Crippen LogP contribution in [0.3, 0.4) is 0 Å². The number of rotatable bonds is 7. The first-order chi connectivity index (χ1) is 15.6. The third kappa shape index (κ3) is 8.26. The number of phenolic OH excluding ortho intramolecular Hbond substituents is 1. The highest BCUT2D eigenvalue weighted by Gasteiger charge is 2.20. The molecule has 2 aromatic carbocycles. The maximum Gasteiger partial charge on any atom is 0.414 e. The summed E-state index contributed by atoms with van der Waals surface area (Å²) >= 11 is 5.89. The zero-order chi connectivity index (χ0) is 24.5. The fourth-order valence-corrected chi connectivity index (χ4v) is 3.46. The molecule has 6 N–H and O–H groups in total. The monoisotopic (exact) mass is 481 g/mol. The molecule has 0 fully saturated rings. The largest absolute Gasteiger partial charge is 0.506 e. The summed E-state index contributed by atoms with van der Waals surface area (Å²) in [6, 6.07) is 10.6. The number of aliphatic hydroxyl groups is 1. The molecular formula is C22H24ClNO9. The van der Waals surface area contributed by atoms with Crippen molar-refractivity contribution >= 4 is 29.5 Å². The molecule has 0 amide bonds. The fraction of sp³-hybridized carbons (Fsp3) is 0.318. The Labute approximate surface area is 194 Å². The van der Waals surface area contributed by atoms with E-state index >= 15 is 0 Å². The number of carbonyl (C=O) groups is 3. The van der Waals surface area contributed by atoms with Crippen molar-refractivity contribution in [2.24, 2.45) is 0 Å². The standard InChI is InChI=1S/C20H22ClNO5.C2H2O4/c21-17-9-13(3-6-18(17)23)19(24)10-22-15-4-1-12-2-5-16(8-14(12)7-15)27-11-20(25)26;3-1(4)2(5)6/h2-3,5-6,8-9,15,19,22-24H,1,4,7,10-11H2,(H,25,26);(H,3,4)(H,5,6)/t15-,19?;/m0./s1. The average molecular weight is 482 g/mol. The number of carboxylic acid groups (broad SMARTS) is 3. The molecule has 178 valence electrons. The minimum absolute atomic E-state index is 0.00890. The molecule has 0 saturated carbocycles. The number of ether oxygens (including phenoxy) is 1. The SMILES string of the molecule is O=C(O)C(=O)O.O=C(O)COc1ccc2c(c1)C[C@@H](NCC(O)c1ccc(O)c(Cl)c1)CC2. The number of benzene rings is 2. The number of hydrogen-bond donors (Lipinski definition) is 6. The predicted molar refractivity (Wildman–Crippen MR) is 117 cm³/mol. The van der Waals surface area contributed by atoms with Crippen molar-refractivity contribution in [2.75, 3.05) is 13.2 Å². The summed E-state index contributed by atoms with van der Waals surface area (Å²) in [5.74, 6) is -4.11. The van der Waals surface area contributed by atoms with E-state index < -0.39 is 24.0 Å². The van der Waals surface area contributed by atoms with Gasteiger partial charge in [-0.1, -0.05) is 23.7 Å². The number of aliphatic carboxylic acids is 3. The van der Waals surface area contributed by atoms with Gasteiger partial charge in [-0.3, -0.25) is 0 Å². The molecular weight excluding hydrogens is 458 g/mol. The van der Waals surface area contributed by atoms with E-state index in [4.69, 9.17) is 41.2 Å². The lowest BCUT2D eigenvalue weighted by atomic mass is 9.88. The van der Waals surface area contributed by atoms with Crippen LogP contribution < -0.4 is 10.1 Å². The quantitative estimate of drug-likeness (QED) is 0.320. The topological polar surface area (TPSA) is 174 Å². The zero-order valence-corrected chi connectivity index (χ0v) is 18.2. The minimum atomic E-state index is -1.82. The molecule has 0 heterocycles. The van der Waals surface area contributed by atoms with Crippen LogP contribution in [0.15, 0.2) is 36.4 Å². The van der Waals surface area contributed by atoms with Crippen molar-refractivity contribution in [2.45, 2.75) is 31.4 Å². The van der Waals surface area contributed by atoms with Crippen LogP contribution in [0.4, 0.5) is 0 Å². The van der Waals surface area contributed by atoms with E-state index in [9.17, 15) is 15.0 Å². The van der Waals surface area contributed by atoms with Crippen LogP contribution in [-0.2, 0) is 27.2 Å². The second-order valence-corrected chi connectivity index (χ2v) is 7.71. The van der Waals surface area contributed by atoms with E-state index in [1.165, 1.54) is 11.6 Å². The Bertz CT molecular complexity index is 999. The van der Waals surface area contributed by atoms with Gasteiger partial charge in [0.2, 0.25) is 0 Å². The minimum Gasteiger partial charge on any atom is -0.506 e. The summed E-state index contributed by atoms with van der Waals surface area (Å²) in [4.78, 5) is 28.8. The van der Waals surface area contributed by atoms with Crippen molar-refractivity contribution in [3.63, 3.8) is 0 Å². The molecule has 1 aliphatic carbocycles. The van der Waals surface area contributed by atoms with Gasteiger partial charge >= 0.3 is 17.9 Å².